The highest BCUT2D eigenvalue weighted by Gasteiger charge is 2.66. The maximum Gasteiger partial charge on any atom is 0.266 e. The third-order valence-corrected chi connectivity index (χ3v) is 13.0. The summed E-state index contributed by atoms with van der Waals surface area (Å²) in [6, 6.07) is 19.7. The van der Waals surface area contributed by atoms with Crippen molar-refractivity contribution in [3.05, 3.63) is 90.5 Å². The molecule has 48 heavy (non-hydrogen) atoms. The number of hydrogen-bond donors (Lipinski definition) is 2. The molecule has 11 heteroatoms. The van der Waals surface area contributed by atoms with Gasteiger partial charge in [0.2, 0.25) is 5.91 Å². The first kappa shape index (κ1) is 32.3. The third kappa shape index (κ3) is 4.90. The second-order valence-corrected chi connectivity index (χ2v) is 17.7. The molecular weight excluding hydrogens is 627 g/mol. The van der Waals surface area contributed by atoms with Crippen LogP contribution in [0.3, 0.4) is 0 Å². The molecule has 4 heterocycles. The number of carbonyl (C=O) groups is 3. The molecule has 2 fully saturated rings. The van der Waals surface area contributed by atoms with Crippen LogP contribution in [0.25, 0.3) is 0 Å². The fourth-order valence-corrected chi connectivity index (χ4v) is 11.0. The molecule has 0 aliphatic carbocycles. The minimum Gasteiger partial charge on any atom is -0.454 e. The minimum absolute atomic E-state index is 0.0138. The van der Waals surface area contributed by atoms with Gasteiger partial charge in [-0.3, -0.25) is 19.3 Å². The van der Waals surface area contributed by atoms with Crippen LogP contribution in [0.15, 0.2) is 79.4 Å². The number of aliphatic hydroxyl groups excluding tert-OH is 1. The van der Waals surface area contributed by atoms with Crippen molar-refractivity contribution < 1.29 is 33.8 Å². The van der Waals surface area contributed by atoms with E-state index in [1.807, 2.05) is 68.5 Å². The van der Waals surface area contributed by atoms with E-state index in [0.29, 0.717) is 46.2 Å². The Labute approximate surface area is 281 Å². The van der Waals surface area contributed by atoms with E-state index < -0.39 is 31.5 Å². The second kappa shape index (κ2) is 12.0. The number of hydrogen-bond acceptors (Lipinski definition) is 7. The second-order valence-electron chi connectivity index (χ2n) is 13.7. The van der Waals surface area contributed by atoms with E-state index >= 15 is 0 Å². The summed E-state index contributed by atoms with van der Waals surface area (Å²) in [6.07, 6.45) is 2.45. The summed E-state index contributed by atoms with van der Waals surface area (Å²) in [5.74, 6) is -0.270. The van der Waals surface area contributed by atoms with Crippen molar-refractivity contribution in [3.63, 3.8) is 0 Å². The van der Waals surface area contributed by atoms with Gasteiger partial charge in [0.25, 0.3) is 11.8 Å². The van der Waals surface area contributed by atoms with Crippen molar-refractivity contribution >= 4 is 43.1 Å². The molecule has 0 radical (unpaired) electrons. The van der Waals surface area contributed by atoms with Crippen molar-refractivity contribution in [3.8, 4) is 11.5 Å². The van der Waals surface area contributed by atoms with Gasteiger partial charge in [-0.15, -0.1) is 6.58 Å². The topological polar surface area (TPSA) is 120 Å². The van der Waals surface area contributed by atoms with Crippen LogP contribution in [0.5, 0.6) is 11.5 Å². The average molecular weight is 668 g/mol. The lowest BCUT2D eigenvalue weighted by Gasteiger charge is -2.33. The first-order valence-corrected chi connectivity index (χ1v) is 19.6. The van der Waals surface area contributed by atoms with Gasteiger partial charge in [0.1, 0.15) is 5.75 Å². The Morgan fingerprint density at radius 3 is 2.52 bits per heavy atom. The molecule has 0 aromatic heterocycles. The summed E-state index contributed by atoms with van der Waals surface area (Å²) in [4.78, 5) is 59.3. The maximum atomic E-state index is 14.7. The highest BCUT2D eigenvalue weighted by atomic mass is 28.4. The van der Waals surface area contributed by atoms with Crippen LogP contribution >= 0.6 is 0 Å². The average Bonchev–Trinajstić information content (AvgIpc) is 3.70. The highest BCUT2D eigenvalue weighted by Crippen LogP contribution is 2.60. The van der Waals surface area contributed by atoms with Gasteiger partial charge in [0.05, 0.1) is 42.1 Å². The zero-order valence-corrected chi connectivity index (χ0v) is 28.5. The van der Waals surface area contributed by atoms with Crippen LogP contribution in [-0.4, -0.2) is 72.7 Å². The smallest absolute Gasteiger partial charge is 0.266 e. The van der Waals surface area contributed by atoms with Crippen molar-refractivity contribution in [2.24, 2.45) is 5.92 Å². The maximum absolute atomic E-state index is 14.7. The van der Waals surface area contributed by atoms with Crippen LogP contribution in [0.2, 0.25) is 18.6 Å². The first-order chi connectivity index (χ1) is 23.0. The summed E-state index contributed by atoms with van der Waals surface area (Å²) in [5.41, 5.74) is 0.710. The Balaban J connectivity index is 1.36. The van der Waals surface area contributed by atoms with Crippen molar-refractivity contribution in [1.82, 2.24) is 4.90 Å². The van der Waals surface area contributed by atoms with E-state index in [1.54, 1.807) is 39.0 Å². The monoisotopic (exact) mass is 667 g/mol. The molecule has 250 valence electrons. The van der Waals surface area contributed by atoms with Gasteiger partial charge in [0, 0.05) is 35.8 Å². The molecule has 1 spiro atoms. The van der Waals surface area contributed by atoms with Gasteiger partial charge in [-0.25, -0.2) is 0 Å². The summed E-state index contributed by atoms with van der Waals surface area (Å²) >= 11 is 0. The van der Waals surface area contributed by atoms with E-state index in [2.05, 4.69) is 6.58 Å². The molecule has 4 aliphatic rings. The Hall–Kier alpha value is -4.29. The van der Waals surface area contributed by atoms with E-state index in [0.717, 1.165) is 12.8 Å². The number of rotatable bonds is 7. The molecule has 3 amide bonds. The lowest BCUT2D eigenvalue weighted by molar-refractivity contribution is -0.149. The van der Waals surface area contributed by atoms with E-state index in [1.165, 1.54) is 0 Å². The van der Waals surface area contributed by atoms with E-state index in [-0.39, 0.29) is 43.3 Å². The molecule has 10 nitrogen and oxygen atoms in total. The van der Waals surface area contributed by atoms with Crippen molar-refractivity contribution in [2.75, 3.05) is 29.5 Å². The van der Waals surface area contributed by atoms with E-state index in [9.17, 15) is 24.3 Å². The van der Waals surface area contributed by atoms with Gasteiger partial charge in [-0.2, -0.15) is 0 Å². The molecule has 4 aliphatic heterocycles. The normalized spacial score (nSPS) is 26.3. The van der Waals surface area contributed by atoms with Gasteiger partial charge in [0.15, 0.2) is 19.7 Å². The van der Waals surface area contributed by atoms with Crippen LogP contribution in [0.1, 0.15) is 42.1 Å². The molecule has 3 aromatic rings. The Morgan fingerprint density at radius 1 is 1.06 bits per heavy atom. The van der Waals surface area contributed by atoms with Crippen LogP contribution in [0.4, 0.5) is 17.1 Å². The fraction of sp³-hybridized carbons (Fsp3) is 0.378. The number of amides is 3. The van der Waals surface area contributed by atoms with Gasteiger partial charge >= 0.3 is 0 Å². The predicted molar refractivity (Wildman–Crippen MR) is 184 cm³/mol. The fourth-order valence-electron chi connectivity index (χ4n) is 8.42. The third-order valence-electron chi connectivity index (χ3n) is 10.5. The molecule has 3 aromatic carbocycles. The number of likely N-dealkylation sites (tertiary alicyclic amines) is 1. The highest BCUT2D eigenvalue weighted by molar-refractivity contribution is 6.71. The molecule has 0 unspecified atom stereocenters. The molecule has 0 saturated carbocycles. The zero-order chi connectivity index (χ0) is 34.0. The Morgan fingerprint density at radius 2 is 1.79 bits per heavy atom. The van der Waals surface area contributed by atoms with Crippen molar-refractivity contribution in [2.45, 2.75) is 62.6 Å². The number of fused-ring (bicyclic) bond motifs is 4. The molecular formula is C37H41N3O7Si. The SMILES string of the molecule is C=CCN1C(=O)[C@]2(O[C@H](CC(=O)N3CCC[C@H]3CO)[C@@H]([Si](C)(C)O)[C@@H]2C)c2cc(N3C(=O)c4ccccc4Oc4ccccc43)ccc21. The lowest BCUT2D eigenvalue weighted by atomic mass is 9.82. The summed E-state index contributed by atoms with van der Waals surface area (Å²) in [5, 5.41) is 9.89. The van der Waals surface area contributed by atoms with Crippen LogP contribution < -0.4 is 14.5 Å². The number of nitrogens with zero attached hydrogens (tertiary/aromatic N) is 3. The number of aliphatic hydroxyl groups is 1. The molecule has 7 rings (SSSR count). The standard InChI is InChI=1S/C37H41N3O7Si/c1-5-18-39-28-17-16-24(40-29-13-7-9-15-31(29)46-30-14-8-6-12-26(30)35(40)43)20-27(28)37(36(39)44)23(2)34(48(3,4)45)32(47-37)21-33(42)38-19-10-11-25(38)22-41/h5-9,12-17,20,23,25,32,34,41,45H,1,10-11,18-19,21-22H2,2-4H3/t23-,25-,32+,34-,37+/m0/s1. The van der Waals surface area contributed by atoms with Crippen molar-refractivity contribution in [1.29, 1.82) is 0 Å². The number of benzene rings is 3. The predicted octanol–water partition coefficient (Wildman–Crippen LogP) is 5.47. The molecule has 0 bridgehead atoms. The van der Waals surface area contributed by atoms with Gasteiger partial charge in [-0.1, -0.05) is 37.3 Å². The van der Waals surface area contributed by atoms with Crippen LogP contribution in [-0.2, 0) is 19.9 Å². The number of anilines is 3. The van der Waals surface area contributed by atoms with E-state index in [4.69, 9.17) is 9.47 Å². The molecule has 5 atom stereocenters. The van der Waals surface area contributed by atoms with Gasteiger partial charge in [-0.05, 0) is 68.4 Å². The molecule has 2 N–H and O–H groups in total. The van der Waals surface area contributed by atoms with Gasteiger partial charge < -0.3 is 29.2 Å². The summed E-state index contributed by atoms with van der Waals surface area (Å²) in [7, 11) is -3.03. The van der Waals surface area contributed by atoms with Crippen LogP contribution in [0, 0.1) is 5.92 Å². The summed E-state index contributed by atoms with van der Waals surface area (Å²) < 4.78 is 13.1. The lowest BCUT2D eigenvalue weighted by Crippen LogP contribution is -2.46. The number of carbonyl (C=O) groups excluding carboxylic acids is 3. The first-order valence-electron chi connectivity index (χ1n) is 16.6. The Kier molecular flexibility index (Phi) is 8.06. The summed E-state index contributed by atoms with van der Waals surface area (Å²) in [6.45, 7) is 10.1. The number of ether oxygens (including phenoxy) is 2. The zero-order valence-electron chi connectivity index (χ0n) is 27.5. The molecule has 2 saturated heterocycles. The quantitative estimate of drug-likeness (QED) is 0.253. The minimum atomic E-state index is -3.03. The largest absolute Gasteiger partial charge is 0.454 e. The Bertz CT molecular complexity index is 1810. The number of para-hydroxylation sites is 3.